The highest BCUT2D eigenvalue weighted by molar-refractivity contribution is 5.00. The van der Waals surface area contributed by atoms with E-state index in [0.717, 1.165) is 12.3 Å². The number of aliphatic hydroxyl groups is 1. The number of hydrogen-bond acceptors (Lipinski definition) is 1. The largest absolute Gasteiger partial charge is 0.393 e. The first-order chi connectivity index (χ1) is 4.81. The number of allylic oxidation sites excluding steroid dienone is 1. The minimum atomic E-state index is 0.0150. The molecule has 4 atom stereocenters. The van der Waals surface area contributed by atoms with Gasteiger partial charge in [0, 0.05) is 0 Å². The van der Waals surface area contributed by atoms with Gasteiger partial charge in [-0.25, -0.2) is 0 Å². The summed E-state index contributed by atoms with van der Waals surface area (Å²) in [4.78, 5) is 0. The molecule has 0 aromatic carbocycles. The van der Waals surface area contributed by atoms with Crippen molar-refractivity contribution in [1.29, 1.82) is 0 Å². The van der Waals surface area contributed by atoms with Crippen molar-refractivity contribution in [2.45, 2.75) is 25.4 Å². The fourth-order valence-corrected chi connectivity index (χ4v) is 2.58. The van der Waals surface area contributed by atoms with E-state index in [0.29, 0.717) is 11.8 Å². The molecule has 2 saturated carbocycles. The lowest BCUT2D eigenvalue weighted by molar-refractivity contribution is 0.103. The fourth-order valence-electron chi connectivity index (χ4n) is 2.58. The number of hydrogen-bond donors (Lipinski definition) is 1. The second kappa shape index (κ2) is 2.09. The summed E-state index contributed by atoms with van der Waals surface area (Å²) in [6, 6.07) is 0. The summed E-state index contributed by atoms with van der Waals surface area (Å²) in [5.41, 5.74) is 0. The molecule has 56 valence electrons. The summed E-state index contributed by atoms with van der Waals surface area (Å²) in [5.74, 6) is 2.08. The molecule has 0 saturated heterocycles. The Morgan fingerprint density at radius 2 is 2.00 bits per heavy atom. The Morgan fingerprint density at radius 1 is 1.20 bits per heavy atom. The Labute approximate surface area is 61.8 Å². The van der Waals surface area contributed by atoms with Crippen LogP contribution in [0.15, 0.2) is 12.7 Å². The third-order valence-electron chi connectivity index (χ3n) is 3.18. The maximum absolute atomic E-state index is 9.40. The first kappa shape index (κ1) is 6.41. The molecule has 2 aliphatic carbocycles. The van der Waals surface area contributed by atoms with E-state index in [-0.39, 0.29) is 6.10 Å². The molecule has 2 fully saturated rings. The van der Waals surface area contributed by atoms with Crippen LogP contribution in [0.2, 0.25) is 0 Å². The van der Waals surface area contributed by atoms with E-state index >= 15 is 0 Å². The van der Waals surface area contributed by atoms with Gasteiger partial charge in [0.05, 0.1) is 6.10 Å². The standard InChI is InChI=1S/C9H14O/c1-2-6-3-8-4-7(6)5-9(8)10/h2,6-10H,1,3-5H2/t6?,7-,8+,9?/m0/s1. The van der Waals surface area contributed by atoms with Crippen molar-refractivity contribution in [2.75, 3.05) is 0 Å². The van der Waals surface area contributed by atoms with Crippen LogP contribution in [0.5, 0.6) is 0 Å². The fraction of sp³-hybridized carbons (Fsp3) is 0.778. The molecule has 2 aliphatic rings. The van der Waals surface area contributed by atoms with Crippen LogP contribution in [0.3, 0.4) is 0 Å². The molecule has 2 unspecified atom stereocenters. The van der Waals surface area contributed by atoms with Crippen LogP contribution < -0.4 is 0 Å². The maximum atomic E-state index is 9.40. The van der Waals surface area contributed by atoms with Crippen molar-refractivity contribution in [3.8, 4) is 0 Å². The molecule has 0 heterocycles. The average molecular weight is 138 g/mol. The van der Waals surface area contributed by atoms with Crippen LogP contribution in [-0.2, 0) is 0 Å². The lowest BCUT2D eigenvalue weighted by Crippen LogP contribution is -2.20. The molecule has 0 radical (unpaired) electrons. The normalized spacial score (nSPS) is 51.7. The quantitative estimate of drug-likeness (QED) is 0.545. The van der Waals surface area contributed by atoms with E-state index in [1.807, 2.05) is 0 Å². The van der Waals surface area contributed by atoms with Crippen molar-refractivity contribution in [2.24, 2.45) is 17.8 Å². The van der Waals surface area contributed by atoms with Gasteiger partial charge in [-0.15, -0.1) is 6.58 Å². The molecule has 0 spiro atoms. The van der Waals surface area contributed by atoms with Gasteiger partial charge in [0.15, 0.2) is 0 Å². The molecule has 0 amide bonds. The molecular weight excluding hydrogens is 124 g/mol. The van der Waals surface area contributed by atoms with Gasteiger partial charge in [0.2, 0.25) is 0 Å². The number of aliphatic hydroxyl groups excluding tert-OH is 1. The second-order valence-electron chi connectivity index (χ2n) is 3.69. The Morgan fingerprint density at radius 3 is 2.40 bits per heavy atom. The van der Waals surface area contributed by atoms with Crippen LogP contribution >= 0.6 is 0 Å². The van der Waals surface area contributed by atoms with Crippen molar-refractivity contribution >= 4 is 0 Å². The van der Waals surface area contributed by atoms with E-state index < -0.39 is 0 Å². The zero-order valence-corrected chi connectivity index (χ0v) is 6.16. The molecule has 0 aromatic rings. The third-order valence-corrected chi connectivity index (χ3v) is 3.18. The molecule has 2 bridgehead atoms. The number of rotatable bonds is 1. The van der Waals surface area contributed by atoms with Crippen molar-refractivity contribution in [3.05, 3.63) is 12.7 Å². The van der Waals surface area contributed by atoms with Gasteiger partial charge in [0.1, 0.15) is 0 Å². The van der Waals surface area contributed by atoms with Gasteiger partial charge in [0.25, 0.3) is 0 Å². The third kappa shape index (κ3) is 0.734. The predicted molar refractivity (Wildman–Crippen MR) is 40.5 cm³/mol. The lowest BCUT2D eigenvalue weighted by atomic mass is 9.87. The molecule has 2 rings (SSSR count). The maximum Gasteiger partial charge on any atom is 0.0571 e. The van der Waals surface area contributed by atoms with E-state index in [1.54, 1.807) is 0 Å². The summed E-state index contributed by atoms with van der Waals surface area (Å²) in [6.07, 6.45) is 5.55. The van der Waals surface area contributed by atoms with Crippen LogP contribution in [0.4, 0.5) is 0 Å². The summed E-state index contributed by atoms with van der Waals surface area (Å²) >= 11 is 0. The van der Waals surface area contributed by atoms with Gasteiger partial charge >= 0.3 is 0 Å². The highest BCUT2D eigenvalue weighted by Gasteiger charge is 2.43. The first-order valence-electron chi connectivity index (χ1n) is 4.12. The Balaban J connectivity index is 2.08. The van der Waals surface area contributed by atoms with Gasteiger partial charge in [-0.2, -0.15) is 0 Å². The molecule has 10 heavy (non-hydrogen) atoms. The lowest BCUT2D eigenvalue weighted by Gasteiger charge is -2.21. The Bertz CT molecular complexity index is 151. The molecular formula is C9H14O. The first-order valence-corrected chi connectivity index (χ1v) is 4.12. The second-order valence-corrected chi connectivity index (χ2v) is 3.69. The SMILES string of the molecule is C=CC1C[C@@H]2C[C@H]1CC2O. The highest BCUT2D eigenvalue weighted by atomic mass is 16.3. The van der Waals surface area contributed by atoms with Gasteiger partial charge in [-0.3, -0.25) is 0 Å². The van der Waals surface area contributed by atoms with E-state index in [1.165, 1.54) is 12.8 Å². The van der Waals surface area contributed by atoms with Gasteiger partial charge < -0.3 is 5.11 Å². The van der Waals surface area contributed by atoms with Crippen LogP contribution in [0.25, 0.3) is 0 Å². The molecule has 0 aliphatic heterocycles. The number of fused-ring (bicyclic) bond motifs is 2. The molecule has 1 nitrogen and oxygen atoms in total. The van der Waals surface area contributed by atoms with Gasteiger partial charge in [-0.05, 0) is 37.0 Å². The van der Waals surface area contributed by atoms with Crippen molar-refractivity contribution in [1.82, 2.24) is 0 Å². The molecule has 1 heteroatoms. The summed E-state index contributed by atoms with van der Waals surface area (Å²) in [5, 5.41) is 9.40. The minimum absolute atomic E-state index is 0.0150. The smallest absolute Gasteiger partial charge is 0.0571 e. The summed E-state index contributed by atoms with van der Waals surface area (Å²) in [7, 11) is 0. The minimum Gasteiger partial charge on any atom is -0.393 e. The van der Waals surface area contributed by atoms with E-state index in [9.17, 15) is 5.11 Å². The zero-order chi connectivity index (χ0) is 7.14. The Kier molecular flexibility index (Phi) is 1.34. The van der Waals surface area contributed by atoms with Crippen molar-refractivity contribution in [3.63, 3.8) is 0 Å². The van der Waals surface area contributed by atoms with Crippen LogP contribution in [-0.4, -0.2) is 11.2 Å². The highest BCUT2D eigenvalue weighted by Crippen LogP contribution is 2.48. The van der Waals surface area contributed by atoms with E-state index in [4.69, 9.17) is 0 Å². The summed E-state index contributed by atoms with van der Waals surface area (Å²) in [6.45, 7) is 3.80. The average Bonchev–Trinajstić information content (AvgIpc) is 2.44. The van der Waals surface area contributed by atoms with Crippen LogP contribution in [0.1, 0.15) is 19.3 Å². The predicted octanol–water partition coefficient (Wildman–Crippen LogP) is 1.58. The van der Waals surface area contributed by atoms with Crippen LogP contribution in [0, 0.1) is 17.8 Å². The zero-order valence-electron chi connectivity index (χ0n) is 6.16. The summed E-state index contributed by atoms with van der Waals surface area (Å²) < 4.78 is 0. The Hall–Kier alpha value is -0.300. The van der Waals surface area contributed by atoms with E-state index in [2.05, 4.69) is 12.7 Å². The topological polar surface area (TPSA) is 20.2 Å². The van der Waals surface area contributed by atoms with Gasteiger partial charge in [-0.1, -0.05) is 6.08 Å². The monoisotopic (exact) mass is 138 g/mol. The molecule has 1 N–H and O–H groups in total. The van der Waals surface area contributed by atoms with Crippen molar-refractivity contribution < 1.29 is 5.11 Å². The molecule has 0 aromatic heterocycles.